The molecule has 0 aliphatic heterocycles. The monoisotopic (exact) mass is 213 g/mol. The molecule has 2 rings (SSSR count). The van der Waals surface area contributed by atoms with E-state index in [-0.39, 0.29) is 6.61 Å². The average molecular weight is 214 g/mol. The van der Waals surface area contributed by atoms with Gasteiger partial charge in [-0.15, -0.1) is 11.3 Å². The highest BCUT2D eigenvalue weighted by Gasteiger charge is 2.05. The molecule has 1 aromatic heterocycles. The van der Waals surface area contributed by atoms with Gasteiger partial charge in [0.1, 0.15) is 0 Å². The summed E-state index contributed by atoms with van der Waals surface area (Å²) in [6.07, 6.45) is 0. The molecular weight excluding hydrogens is 206 g/mol. The molecule has 68 valence electrons. The molecule has 0 saturated heterocycles. The summed E-state index contributed by atoms with van der Waals surface area (Å²) in [4.78, 5) is 4.19. The summed E-state index contributed by atoms with van der Waals surface area (Å²) in [7, 11) is 0. The number of aryl methyl sites for hydroxylation is 1. The van der Waals surface area contributed by atoms with E-state index in [1.165, 1.54) is 11.3 Å². The number of thiazole rings is 1. The van der Waals surface area contributed by atoms with Crippen molar-refractivity contribution in [3.63, 3.8) is 0 Å². The van der Waals surface area contributed by atoms with Crippen LogP contribution in [0, 0.1) is 6.92 Å². The Morgan fingerprint density at radius 1 is 1.54 bits per heavy atom. The van der Waals surface area contributed by atoms with Gasteiger partial charge in [0.15, 0.2) is 4.47 Å². The normalized spacial score (nSPS) is 11.0. The molecule has 1 aromatic carbocycles. The fourth-order valence-corrected chi connectivity index (χ4v) is 2.50. The maximum absolute atomic E-state index is 8.98. The van der Waals surface area contributed by atoms with Gasteiger partial charge in [0.2, 0.25) is 0 Å². The van der Waals surface area contributed by atoms with E-state index in [9.17, 15) is 0 Å². The molecule has 2 aromatic rings. The van der Waals surface area contributed by atoms with Gasteiger partial charge in [-0.05, 0) is 24.1 Å². The Bertz CT molecular complexity index is 452. The van der Waals surface area contributed by atoms with Crippen molar-refractivity contribution in [1.82, 2.24) is 4.98 Å². The van der Waals surface area contributed by atoms with E-state index in [1.54, 1.807) is 0 Å². The highest BCUT2D eigenvalue weighted by molar-refractivity contribution is 7.22. The molecule has 0 bridgehead atoms. The van der Waals surface area contributed by atoms with Crippen LogP contribution in [0.15, 0.2) is 12.1 Å². The van der Waals surface area contributed by atoms with Crippen molar-refractivity contribution < 1.29 is 5.11 Å². The largest absolute Gasteiger partial charge is 0.392 e. The molecule has 0 unspecified atom stereocenters. The predicted molar refractivity (Wildman–Crippen MR) is 55.3 cm³/mol. The van der Waals surface area contributed by atoms with E-state index < -0.39 is 0 Å². The molecule has 1 heterocycles. The van der Waals surface area contributed by atoms with Gasteiger partial charge in [-0.25, -0.2) is 4.98 Å². The predicted octanol–water partition coefficient (Wildman–Crippen LogP) is 2.75. The molecule has 0 saturated carbocycles. The second-order valence-electron chi connectivity index (χ2n) is 2.88. The maximum Gasteiger partial charge on any atom is 0.184 e. The summed E-state index contributed by atoms with van der Waals surface area (Å²) in [5.74, 6) is 0. The average Bonchev–Trinajstić information content (AvgIpc) is 2.46. The number of benzene rings is 1. The topological polar surface area (TPSA) is 33.1 Å². The third-order valence-electron chi connectivity index (χ3n) is 1.90. The number of nitrogens with zero attached hydrogens (tertiary/aromatic N) is 1. The van der Waals surface area contributed by atoms with E-state index in [0.717, 1.165) is 21.3 Å². The van der Waals surface area contributed by atoms with Crippen LogP contribution in [0.1, 0.15) is 11.1 Å². The molecule has 0 amide bonds. The first kappa shape index (κ1) is 8.94. The second-order valence-corrected chi connectivity index (χ2v) is 4.50. The Hall–Kier alpha value is -0.640. The number of rotatable bonds is 1. The summed E-state index contributed by atoms with van der Waals surface area (Å²) in [5.41, 5.74) is 2.90. The minimum absolute atomic E-state index is 0.0618. The molecule has 0 radical (unpaired) electrons. The Morgan fingerprint density at radius 3 is 3.00 bits per heavy atom. The van der Waals surface area contributed by atoms with Crippen LogP contribution >= 0.6 is 22.9 Å². The second kappa shape index (κ2) is 3.25. The van der Waals surface area contributed by atoms with E-state index in [2.05, 4.69) is 4.98 Å². The molecule has 0 spiro atoms. The van der Waals surface area contributed by atoms with Crippen LogP contribution in [-0.4, -0.2) is 10.1 Å². The maximum atomic E-state index is 8.98. The van der Waals surface area contributed by atoms with Crippen molar-refractivity contribution >= 4 is 33.2 Å². The highest BCUT2D eigenvalue weighted by atomic mass is 35.5. The lowest BCUT2D eigenvalue weighted by molar-refractivity contribution is 0.282. The third-order valence-corrected chi connectivity index (χ3v) is 3.01. The fraction of sp³-hybridized carbons (Fsp3) is 0.222. The van der Waals surface area contributed by atoms with Crippen LogP contribution in [0.3, 0.4) is 0 Å². The van der Waals surface area contributed by atoms with Gasteiger partial charge in [0.25, 0.3) is 0 Å². The number of halogens is 1. The van der Waals surface area contributed by atoms with Crippen LogP contribution in [0.25, 0.3) is 10.2 Å². The van der Waals surface area contributed by atoms with Crippen molar-refractivity contribution in [2.75, 3.05) is 0 Å². The zero-order valence-corrected chi connectivity index (χ0v) is 8.61. The van der Waals surface area contributed by atoms with Crippen LogP contribution in [0.5, 0.6) is 0 Å². The quantitative estimate of drug-likeness (QED) is 0.790. The van der Waals surface area contributed by atoms with Gasteiger partial charge in [0.05, 0.1) is 16.8 Å². The third kappa shape index (κ3) is 1.55. The fourth-order valence-electron chi connectivity index (χ4n) is 1.33. The number of aliphatic hydroxyl groups is 1. The van der Waals surface area contributed by atoms with E-state index in [1.807, 2.05) is 19.1 Å². The molecule has 0 atom stereocenters. The van der Waals surface area contributed by atoms with Crippen LogP contribution in [-0.2, 0) is 6.61 Å². The van der Waals surface area contributed by atoms with Crippen LogP contribution in [0.4, 0.5) is 0 Å². The molecule has 1 N–H and O–H groups in total. The lowest BCUT2D eigenvalue weighted by atomic mass is 10.1. The molecular formula is C9H8ClNOS. The zero-order valence-electron chi connectivity index (χ0n) is 7.04. The van der Waals surface area contributed by atoms with Gasteiger partial charge in [0, 0.05) is 0 Å². The number of fused-ring (bicyclic) bond motifs is 1. The summed E-state index contributed by atoms with van der Waals surface area (Å²) in [5, 5.41) is 8.98. The number of hydrogen-bond acceptors (Lipinski definition) is 3. The molecule has 4 heteroatoms. The van der Waals surface area contributed by atoms with E-state index in [4.69, 9.17) is 16.7 Å². The lowest BCUT2D eigenvalue weighted by Crippen LogP contribution is -1.84. The minimum Gasteiger partial charge on any atom is -0.392 e. The van der Waals surface area contributed by atoms with Gasteiger partial charge < -0.3 is 5.11 Å². The highest BCUT2D eigenvalue weighted by Crippen LogP contribution is 2.28. The van der Waals surface area contributed by atoms with Gasteiger partial charge in [-0.3, -0.25) is 0 Å². The minimum atomic E-state index is 0.0618. The van der Waals surface area contributed by atoms with Gasteiger partial charge in [-0.1, -0.05) is 17.7 Å². The van der Waals surface area contributed by atoms with Crippen LogP contribution in [0.2, 0.25) is 4.47 Å². The van der Waals surface area contributed by atoms with E-state index in [0.29, 0.717) is 4.47 Å². The SMILES string of the molecule is Cc1cc(CO)cc2sc(Cl)nc12. The first-order valence-corrected chi connectivity index (χ1v) is 5.06. The first-order chi connectivity index (χ1) is 6.20. The zero-order chi connectivity index (χ0) is 9.42. The Kier molecular flexibility index (Phi) is 2.24. The van der Waals surface area contributed by atoms with Gasteiger partial charge >= 0.3 is 0 Å². The summed E-state index contributed by atoms with van der Waals surface area (Å²) >= 11 is 7.23. The molecule has 2 nitrogen and oxygen atoms in total. The van der Waals surface area contributed by atoms with Crippen molar-refractivity contribution in [2.45, 2.75) is 13.5 Å². The van der Waals surface area contributed by atoms with Crippen LogP contribution < -0.4 is 0 Å². The van der Waals surface area contributed by atoms with Crippen molar-refractivity contribution in [3.8, 4) is 0 Å². The smallest absolute Gasteiger partial charge is 0.184 e. The van der Waals surface area contributed by atoms with E-state index >= 15 is 0 Å². The first-order valence-electron chi connectivity index (χ1n) is 3.87. The van der Waals surface area contributed by atoms with Crippen molar-refractivity contribution in [2.24, 2.45) is 0 Å². The number of hydrogen-bond donors (Lipinski definition) is 1. The Balaban J connectivity index is 2.75. The molecule has 0 aliphatic carbocycles. The summed E-state index contributed by atoms with van der Waals surface area (Å²) in [6.45, 7) is 2.03. The number of aromatic nitrogens is 1. The molecule has 0 fully saturated rings. The summed E-state index contributed by atoms with van der Waals surface area (Å²) < 4.78 is 1.59. The molecule has 0 aliphatic rings. The molecule has 13 heavy (non-hydrogen) atoms. The Morgan fingerprint density at radius 2 is 2.31 bits per heavy atom. The van der Waals surface area contributed by atoms with Gasteiger partial charge in [-0.2, -0.15) is 0 Å². The Labute approximate surface area is 84.8 Å². The van der Waals surface area contributed by atoms with Crippen molar-refractivity contribution in [1.29, 1.82) is 0 Å². The van der Waals surface area contributed by atoms with Crippen molar-refractivity contribution in [3.05, 3.63) is 27.7 Å². The standard InChI is InChI=1S/C9H8ClNOS/c1-5-2-6(4-12)3-7-8(5)11-9(10)13-7/h2-3,12H,4H2,1H3. The lowest BCUT2D eigenvalue weighted by Gasteiger charge is -1.98. The summed E-state index contributed by atoms with van der Waals surface area (Å²) in [6, 6.07) is 3.85. The number of aliphatic hydroxyl groups excluding tert-OH is 1.